The van der Waals surface area contributed by atoms with Crippen LogP contribution < -0.4 is 0 Å². The fraction of sp³-hybridized carbons (Fsp3) is 0.571. The van der Waals surface area contributed by atoms with Crippen molar-refractivity contribution in [2.75, 3.05) is 11.5 Å². The van der Waals surface area contributed by atoms with Crippen molar-refractivity contribution >= 4 is 39.9 Å². The Kier molecular flexibility index (Phi) is 7.31. The molecule has 0 aliphatic carbocycles. The van der Waals surface area contributed by atoms with Crippen LogP contribution in [-0.2, 0) is 9.59 Å². The summed E-state index contributed by atoms with van der Waals surface area (Å²) in [5.74, 6) is -1.43. The van der Waals surface area contributed by atoms with E-state index in [4.69, 9.17) is 10.2 Å². The fourth-order valence-electron chi connectivity index (χ4n) is 0.485. The number of thioether (sulfide) groups is 2. The number of carboxylic acids is 2. The van der Waals surface area contributed by atoms with Gasteiger partial charge in [-0.05, 0) is 0 Å². The van der Waals surface area contributed by atoms with Crippen LogP contribution in [0, 0.1) is 0 Å². The SMILES string of the molecule is O=C(O)CCSC(=O)SCCC(=O)O. The largest absolute Gasteiger partial charge is 0.481 e. The van der Waals surface area contributed by atoms with Crippen molar-refractivity contribution in [1.82, 2.24) is 0 Å². The van der Waals surface area contributed by atoms with Crippen LogP contribution in [0.1, 0.15) is 12.8 Å². The summed E-state index contributed by atoms with van der Waals surface area (Å²) in [5, 5.41) is 16.5. The van der Waals surface area contributed by atoms with E-state index in [2.05, 4.69) is 0 Å². The maximum absolute atomic E-state index is 10.9. The molecule has 0 atom stereocenters. The molecule has 14 heavy (non-hydrogen) atoms. The first-order valence-corrected chi connectivity index (χ1v) is 5.72. The lowest BCUT2D eigenvalue weighted by Crippen LogP contribution is -1.99. The first kappa shape index (κ1) is 13.3. The van der Waals surface area contributed by atoms with Gasteiger partial charge in [-0.1, -0.05) is 23.5 Å². The highest BCUT2D eigenvalue weighted by molar-refractivity contribution is 8.38. The van der Waals surface area contributed by atoms with Crippen molar-refractivity contribution in [2.45, 2.75) is 12.8 Å². The summed E-state index contributed by atoms with van der Waals surface area (Å²) in [7, 11) is 0. The van der Waals surface area contributed by atoms with Gasteiger partial charge >= 0.3 is 11.9 Å². The molecule has 0 aromatic rings. The van der Waals surface area contributed by atoms with Crippen LogP contribution in [0.3, 0.4) is 0 Å². The number of rotatable bonds is 6. The molecule has 0 rings (SSSR count). The highest BCUT2D eigenvalue weighted by Gasteiger charge is 2.06. The van der Waals surface area contributed by atoms with Gasteiger partial charge in [0, 0.05) is 11.5 Å². The van der Waals surface area contributed by atoms with Crippen molar-refractivity contribution in [2.24, 2.45) is 0 Å². The molecule has 80 valence electrons. The molecule has 0 unspecified atom stereocenters. The average molecular weight is 238 g/mol. The molecule has 5 nitrogen and oxygen atoms in total. The number of carboxylic acid groups (broad SMARTS) is 2. The number of aliphatic carboxylic acids is 2. The van der Waals surface area contributed by atoms with Gasteiger partial charge < -0.3 is 10.2 Å². The Morgan fingerprint density at radius 1 is 0.857 bits per heavy atom. The van der Waals surface area contributed by atoms with Gasteiger partial charge in [-0.25, -0.2) is 0 Å². The van der Waals surface area contributed by atoms with Crippen molar-refractivity contribution in [3.8, 4) is 0 Å². The topological polar surface area (TPSA) is 91.7 Å². The van der Waals surface area contributed by atoms with Gasteiger partial charge in [-0.3, -0.25) is 14.4 Å². The second kappa shape index (κ2) is 7.69. The quantitative estimate of drug-likeness (QED) is 0.724. The van der Waals surface area contributed by atoms with Crippen LogP contribution in [-0.4, -0.2) is 38.1 Å². The summed E-state index contributed by atoms with van der Waals surface area (Å²) in [6.45, 7) is 0. The summed E-state index contributed by atoms with van der Waals surface area (Å²) >= 11 is 1.81. The van der Waals surface area contributed by atoms with E-state index in [0.717, 1.165) is 23.5 Å². The van der Waals surface area contributed by atoms with Gasteiger partial charge in [0.15, 0.2) is 0 Å². The smallest absolute Gasteiger partial charge is 0.304 e. The molecule has 0 saturated carbocycles. The van der Waals surface area contributed by atoms with Crippen LogP contribution in [0.15, 0.2) is 0 Å². The van der Waals surface area contributed by atoms with Gasteiger partial charge in [-0.15, -0.1) is 0 Å². The second-order valence-corrected chi connectivity index (χ2v) is 4.63. The molecule has 2 N–H and O–H groups in total. The summed E-state index contributed by atoms with van der Waals surface area (Å²) in [4.78, 5) is 31.1. The molecule has 0 fully saturated rings. The second-order valence-electron chi connectivity index (χ2n) is 2.23. The zero-order valence-electron chi connectivity index (χ0n) is 7.26. The average Bonchev–Trinajstić information content (AvgIpc) is 2.02. The maximum atomic E-state index is 10.9. The van der Waals surface area contributed by atoms with E-state index in [-0.39, 0.29) is 28.8 Å². The molecule has 0 radical (unpaired) electrons. The maximum Gasteiger partial charge on any atom is 0.304 e. The summed E-state index contributed by atoms with van der Waals surface area (Å²) < 4.78 is -0.229. The third-order valence-corrected chi connectivity index (χ3v) is 3.07. The normalized spacial score (nSPS) is 9.71. The Bertz CT molecular complexity index is 206. The fourth-order valence-corrected chi connectivity index (χ4v) is 2.21. The Morgan fingerprint density at radius 2 is 1.21 bits per heavy atom. The minimum absolute atomic E-state index is 0.0596. The first-order chi connectivity index (χ1) is 6.52. The van der Waals surface area contributed by atoms with Crippen molar-refractivity contribution < 1.29 is 24.6 Å². The minimum atomic E-state index is -0.944. The molecule has 0 aliphatic heterocycles. The monoisotopic (exact) mass is 238 g/mol. The summed E-state index contributed by atoms with van der Waals surface area (Å²) in [6.07, 6.45) is -0.119. The third-order valence-electron chi connectivity index (χ3n) is 1.07. The van der Waals surface area contributed by atoms with E-state index >= 15 is 0 Å². The highest BCUT2D eigenvalue weighted by atomic mass is 32.2. The van der Waals surface area contributed by atoms with E-state index in [1.165, 1.54) is 0 Å². The van der Waals surface area contributed by atoms with Crippen molar-refractivity contribution in [3.05, 3.63) is 0 Å². The molecule has 0 aromatic heterocycles. The lowest BCUT2D eigenvalue weighted by molar-refractivity contribution is -0.137. The molecule has 0 bridgehead atoms. The third kappa shape index (κ3) is 9.40. The predicted octanol–water partition coefficient (Wildman–Crippen LogP) is 1.52. The predicted molar refractivity (Wildman–Crippen MR) is 54.8 cm³/mol. The molecule has 0 aromatic carbocycles. The standard InChI is InChI=1S/C7H10O5S2/c8-5(9)1-3-13-7(12)14-4-2-6(10)11/h1-4H2,(H,8,9)(H,10,11). The van der Waals surface area contributed by atoms with E-state index in [9.17, 15) is 14.4 Å². The molecular formula is C7H10O5S2. The molecule has 0 saturated heterocycles. The van der Waals surface area contributed by atoms with E-state index in [0.29, 0.717) is 0 Å². The Morgan fingerprint density at radius 3 is 1.50 bits per heavy atom. The lowest BCUT2D eigenvalue weighted by Gasteiger charge is -1.96. The van der Waals surface area contributed by atoms with E-state index < -0.39 is 11.9 Å². The van der Waals surface area contributed by atoms with Gasteiger partial charge in [0.1, 0.15) is 0 Å². The zero-order chi connectivity index (χ0) is 11.0. The summed E-state index contributed by atoms with van der Waals surface area (Å²) in [5.41, 5.74) is 0. The Balaban J connectivity index is 3.37. The van der Waals surface area contributed by atoms with Crippen molar-refractivity contribution in [3.63, 3.8) is 0 Å². The van der Waals surface area contributed by atoms with Crippen LogP contribution in [0.5, 0.6) is 0 Å². The van der Waals surface area contributed by atoms with Crippen LogP contribution in [0.2, 0.25) is 0 Å². The molecule has 0 heterocycles. The molecular weight excluding hydrogens is 228 g/mol. The highest BCUT2D eigenvalue weighted by Crippen LogP contribution is 2.17. The molecule has 0 amide bonds. The van der Waals surface area contributed by atoms with E-state index in [1.807, 2.05) is 0 Å². The molecule has 0 spiro atoms. The van der Waals surface area contributed by atoms with Gasteiger partial charge in [0.05, 0.1) is 12.8 Å². The zero-order valence-corrected chi connectivity index (χ0v) is 8.90. The van der Waals surface area contributed by atoms with E-state index in [1.54, 1.807) is 0 Å². The number of hydrogen-bond acceptors (Lipinski definition) is 5. The van der Waals surface area contributed by atoms with Gasteiger partial charge in [0.25, 0.3) is 0 Å². The molecule has 7 heteroatoms. The Labute approximate surface area is 89.2 Å². The number of hydrogen-bond donors (Lipinski definition) is 2. The van der Waals surface area contributed by atoms with Crippen LogP contribution in [0.4, 0.5) is 4.79 Å². The lowest BCUT2D eigenvalue weighted by atomic mass is 10.5. The van der Waals surface area contributed by atoms with Gasteiger partial charge in [0.2, 0.25) is 4.45 Å². The number of carbonyl (C=O) groups excluding carboxylic acids is 1. The minimum Gasteiger partial charge on any atom is -0.481 e. The van der Waals surface area contributed by atoms with Crippen LogP contribution in [0.25, 0.3) is 0 Å². The van der Waals surface area contributed by atoms with Crippen LogP contribution >= 0.6 is 23.5 Å². The molecule has 0 aliphatic rings. The summed E-state index contributed by atoms with van der Waals surface area (Å²) in [6, 6.07) is 0. The Hall–Kier alpha value is -0.690. The van der Waals surface area contributed by atoms with Gasteiger partial charge in [-0.2, -0.15) is 0 Å². The van der Waals surface area contributed by atoms with Crippen molar-refractivity contribution in [1.29, 1.82) is 0 Å². The number of carbonyl (C=O) groups is 3. The first-order valence-electron chi connectivity index (χ1n) is 3.75.